The van der Waals surface area contributed by atoms with Crippen molar-refractivity contribution in [3.05, 3.63) is 35.8 Å². The van der Waals surface area contributed by atoms with E-state index in [4.69, 9.17) is 4.74 Å². The summed E-state index contributed by atoms with van der Waals surface area (Å²) < 4.78 is 9.59. The van der Waals surface area contributed by atoms with Crippen LogP contribution in [-0.2, 0) is 12.0 Å². The molecule has 7 rings (SSSR count). The van der Waals surface area contributed by atoms with E-state index in [0.717, 1.165) is 49.7 Å². The first-order valence-electron chi connectivity index (χ1n) is 10.4. The van der Waals surface area contributed by atoms with Gasteiger partial charge in [-0.05, 0) is 50.7 Å². The molecule has 4 aliphatic rings. The van der Waals surface area contributed by atoms with E-state index in [9.17, 15) is 4.79 Å². The zero-order valence-corrected chi connectivity index (χ0v) is 17.0. The van der Waals surface area contributed by atoms with E-state index in [1.165, 1.54) is 0 Å². The van der Waals surface area contributed by atoms with Crippen molar-refractivity contribution < 1.29 is 9.53 Å². The normalized spacial score (nSPS) is 25.9. The van der Waals surface area contributed by atoms with Gasteiger partial charge in [0.05, 0.1) is 18.8 Å². The van der Waals surface area contributed by atoms with Crippen molar-refractivity contribution >= 4 is 11.7 Å². The Labute approximate surface area is 173 Å². The van der Waals surface area contributed by atoms with Crippen molar-refractivity contribution in [2.75, 3.05) is 12.4 Å². The van der Waals surface area contributed by atoms with E-state index in [1.54, 1.807) is 19.4 Å². The van der Waals surface area contributed by atoms with Gasteiger partial charge in [-0.15, -0.1) is 10.2 Å². The lowest BCUT2D eigenvalue weighted by Crippen LogP contribution is -2.59. The van der Waals surface area contributed by atoms with E-state index < -0.39 is 0 Å². The van der Waals surface area contributed by atoms with Crippen molar-refractivity contribution in [3.63, 3.8) is 0 Å². The number of hydrogen-bond acceptors (Lipinski definition) is 6. The molecule has 4 heterocycles. The first-order chi connectivity index (χ1) is 14.6. The van der Waals surface area contributed by atoms with Crippen LogP contribution < -0.4 is 10.1 Å². The van der Waals surface area contributed by atoms with Crippen molar-refractivity contribution in [2.24, 2.45) is 5.92 Å². The number of nitrogens with zero attached hydrogens (tertiary/aromatic N) is 6. The number of carbonyl (C=O) groups excluding carboxylic acids is 1. The van der Waals surface area contributed by atoms with Crippen molar-refractivity contribution in [1.29, 1.82) is 0 Å². The van der Waals surface area contributed by atoms with Crippen LogP contribution in [0, 0.1) is 5.92 Å². The van der Waals surface area contributed by atoms with E-state index >= 15 is 0 Å². The van der Waals surface area contributed by atoms with Crippen molar-refractivity contribution in [1.82, 2.24) is 29.5 Å². The average Bonchev–Trinajstić information content (AvgIpc) is 3.36. The first-order valence-corrected chi connectivity index (χ1v) is 10.4. The number of pyridine rings is 1. The third-order valence-corrected chi connectivity index (χ3v) is 6.83. The van der Waals surface area contributed by atoms with Gasteiger partial charge in [0.1, 0.15) is 22.9 Å². The molecule has 3 aromatic rings. The third-order valence-electron chi connectivity index (χ3n) is 6.83. The zero-order valence-electron chi connectivity index (χ0n) is 17.0. The maximum Gasteiger partial charge on any atom is 0.263 e. The quantitative estimate of drug-likeness (QED) is 0.701. The van der Waals surface area contributed by atoms with Crippen LogP contribution in [0.4, 0.5) is 5.82 Å². The monoisotopic (exact) mass is 405 g/mol. The number of rotatable bonds is 5. The Balaban J connectivity index is 1.27. The number of methoxy groups -OCH3 is 1. The van der Waals surface area contributed by atoms with Gasteiger partial charge < -0.3 is 14.6 Å². The number of fused-ring (bicyclic) bond motifs is 1. The Morgan fingerprint density at radius 3 is 2.83 bits per heavy atom. The second kappa shape index (κ2) is 6.13. The van der Waals surface area contributed by atoms with Gasteiger partial charge in [-0.1, -0.05) is 6.07 Å². The Morgan fingerprint density at radius 1 is 1.27 bits per heavy atom. The average molecular weight is 405 g/mol. The Bertz CT molecular complexity index is 1150. The fourth-order valence-corrected chi connectivity index (χ4v) is 5.13. The highest BCUT2D eigenvalue weighted by atomic mass is 16.5. The molecule has 9 nitrogen and oxygen atoms in total. The number of amides is 1. The topological polar surface area (TPSA) is 99.8 Å². The molecular weight excluding hydrogens is 382 g/mol. The zero-order chi connectivity index (χ0) is 20.5. The molecule has 9 heteroatoms. The molecule has 30 heavy (non-hydrogen) atoms. The third kappa shape index (κ3) is 2.37. The minimum absolute atomic E-state index is 0.0530. The molecule has 1 aliphatic heterocycles. The molecule has 3 aliphatic carbocycles. The Hall–Kier alpha value is -3.23. The van der Waals surface area contributed by atoms with Crippen molar-refractivity contribution in [2.45, 2.75) is 50.6 Å². The lowest BCUT2D eigenvalue weighted by molar-refractivity contribution is -0.101. The van der Waals surface area contributed by atoms with Gasteiger partial charge in [0, 0.05) is 12.5 Å². The van der Waals surface area contributed by atoms with Gasteiger partial charge in [-0.2, -0.15) is 5.10 Å². The largest absolute Gasteiger partial charge is 0.481 e. The van der Waals surface area contributed by atoms with E-state index in [1.807, 2.05) is 16.8 Å². The van der Waals surface area contributed by atoms with Crippen LogP contribution in [0.1, 0.15) is 54.8 Å². The summed E-state index contributed by atoms with van der Waals surface area (Å²) in [5, 5.41) is 16.0. The second-order valence-electron chi connectivity index (χ2n) is 8.74. The van der Waals surface area contributed by atoms with Crippen LogP contribution in [0.2, 0.25) is 0 Å². The summed E-state index contributed by atoms with van der Waals surface area (Å²) in [6.07, 6.45) is 6.94. The van der Waals surface area contributed by atoms with Gasteiger partial charge in [0.25, 0.3) is 5.91 Å². The number of anilines is 1. The first kappa shape index (κ1) is 17.6. The summed E-state index contributed by atoms with van der Waals surface area (Å²) in [6, 6.07) is 5.86. The van der Waals surface area contributed by atoms with Crippen LogP contribution in [0.15, 0.2) is 24.4 Å². The lowest BCUT2D eigenvalue weighted by Gasteiger charge is -2.61. The molecule has 0 spiro atoms. The van der Waals surface area contributed by atoms with Crippen LogP contribution in [0.5, 0.6) is 5.88 Å². The molecule has 0 unspecified atom stereocenters. The standard InChI is InChI=1S/C21H23N7O2/c1-12-6-7-17-25-26-18(27(12)17)15-4-3-5-16(23-15)24-19(29)14-11-22-28(20(14)30-2)21-8-13(9-21)10-21/h3-5,11-13H,6-10H2,1-2H3,(H,23,24,29)/t12-,13?,21?/m0/s1. The molecule has 0 aromatic carbocycles. The number of nitrogens with one attached hydrogen (secondary N) is 1. The maximum absolute atomic E-state index is 13.0. The molecule has 3 aromatic heterocycles. The highest BCUT2D eigenvalue weighted by Gasteiger charge is 2.59. The Kier molecular flexibility index (Phi) is 3.60. The van der Waals surface area contributed by atoms with Crippen molar-refractivity contribution in [3.8, 4) is 17.4 Å². The molecule has 0 saturated heterocycles. The summed E-state index contributed by atoms with van der Waals surface area (Å²) in [5.41, 5.74) is 1.17. The summed E-state index contributed by atoms with van der Waals surface area (Å²) in [6.45, 7) is 2.16. The smallest absolute Gasteiger partial charge is 0.263 e. The number of aromatic nitrogens is 6. The Morgan fingerprint density at radius 2 is 2.10 bits per heavy atom. The fraction of sp³-hybridized carbons (Fsp3) is 0.476. The number of aryl methyl sites for hydroxylation is 1. The molecular formula is C21H23N7O2. The lowest BCUT2D eigenvalue weighted by atomic mass is 9.50. The minimum atomic E-state index is -0.283. The maximum atomic E-state index is 13.0. The highest BCUT2D eigenvalue weighted by molar-refractivity contribution is 6.05. The molecule has 3 saturated carbocycles. The fourth-order valence-electron chi connectivity index (χ4n) is 5.13. The SMILES string of the molecule is COc1c(C(=O)Nc2cccc(-c3nnc4n3[C@@H](C)CC4)n2)cnn1C12CC(C1)C2. The van der Waals surface area contributed by atoms with Crippen LogP contribution in [-0.4, -0.2) is 42.5 Å². The number of hydrogen-bond donors (Lipinski definition) is 1. The van der Waals surface area contributed by atoms with E-state index in [-0.39, 0.29) is 11.4 Å². The molecule has 2 bridgehead atoms. The van der Waals surface area contributed by atoms with Crippen LogP contribution in [0.25, 0.3) is 11.5 Å². The van der Waals surface area contributed by atoms with Gasteiger partial charge >= 0.3 is 0 Å². The molecule has 1 N–H and O–H groups in total. The molecule has 154 valence electrons. The molecule has 0 radical (unpaired) electrons. The molecule has 3 fully saturated rings. The van der Waals surface area contributed by atoms with Gasteiger partial charge in [0.15, 0.2) is 5.82 Å². The van der Waals surface area contributed by atoms with Gasteiger partial charge in [0.2, 0.25) is 5.88 Å². The molecule has 1 amide bonds. The number of ether oxygens (including phenoxy) is 1. The van der Waals surface area contributed by atoms with E-state index in [0.29, 0.717) is 29.0 Å². The summed E-state index contributed by atoms with van der Waals surface area (Å²) in [7, 11) is 1.58. The minimum Gasteiger partial charge on any atom is -0.481 e. The van der Waals surface area contributed by atoms with Gasteiger partial charge in [-0.25, -0.2) is 9.67 Å². The second-order valence-corrected chi connectivity index (χ2v) is 8.74. The number of carbonyl (C=O) groups is 1. The predicted molar refractivity (Wildman–Crippen MR) is 108 cm³/mol. The van der Waals surface area contributed by atoms with E-state index in [2.05, 4.69) is 37.1 Å². The molecule has 1 atom stereocenters. The van der Waals surface area contributed by atoms with Crippen LogP contribution >= 0.6 is 0 Å². The summed E-state index contributed by atoms with van der Waals surface area (Å²) in [5.74, 6) is 3.23. The summed E-state index contributed by atoms with van der Waals surface area (Å²) >= 11 is 0. The highest BCUT2D eigenvalue weighted by Crippen LogP contribution is 2.63. The van der Waals surface area contributed by atoms with Gasteiger partial charge in [-0.3, -0.25) is 4.79 Å². The summed E-state index contributed by atoms with van der Waals surface area (Å²) in [4.78, 5) is 17.6. The van der Waals surface area contributed by atoms with Crippen LogP contribution in [0.3, 0.4) is 0 Å². The predicted octanol–water partition coefficient (Wildman–Crippen LogP) is 2.81.